The lowest BCUT2D eigenvalue weighted by Gasteiger charge is -2.21. The number of hydrogen-bond donors (Lipinski definition) is 2. The van der Waals surface area contributed by atoms with Gasteiger partial charge in [-0.05, 0) is 37.5 Å². The second kappa shape index (κ2) is 5.99. The van der Waals surface area contributed by atoms with Gasteiger partial charge in [-0.2, -0.15) is 0 Å². The van der Waals surface area contributed by atoms with E-state index in [0.29, 0.717) is 11.1 Å². The molecule has 0 aliphatic rings. The summed E-state index contributed by atoms with van der Waals surface area (Å²) in [5.41, 5.74) is 7.28. The van der Waals surface area contributed by atoms with Crippen molar-refractivity contribution >= 4 is 11.5 Å². The van der Waals surface area contributed by atoms with Crippen molar-refractivity contribution in [2.75, 3.05) is 0 Å². The Balaban J connectivity index is 3.15. The summed E-state index contributed by atoms with van der Waals surface area (Å²) in [6.07, 6.45) is 0. The zero-order valence-electron chi connectivity index (χ0n) is 11.7. The Morgan fingerprint density at radius 2 is 1.95 bits per heavy atom. The lowest BCUT2D eigenvalue weighted by Crippen LogP contribution is -2.25. The van der Waals surface area contributed by atoms with Crippen LogP contribution in [-0.2, 0) is 22.7 Å². The summed E-state index contributed by atoms with van der Waals surface area (Å²) < 4.78 is 5.29. The van der Waals surface area contributed by atoms with E-state index in [1.165, 1.54) is 0 Å². The number of carbonyl (C=O) groups is 1. The van der Waals surface area contributed by atoms with Crippen molar-refractivity contribution in [3.63, 3.8) is 0 Å². The number of carbonyl (C=O) groups excluding carboxylic acids is 1. The molecule has 1 rings (SSSR count). The minimum Gasteiger partial charge on any atom is -0.456 e. The van der Waals surface area contributed by atoms with Crippen LogP contribution >= 0.6 is 0 Å². The number of ether oxygens (including phenoxy) is 1. The van der Waals surface area contributed by atoms with Gasteiger partial charge >= 0.3 is 5.97 Å². The molecule has 1 aromatic carbocycles. The van der Waals surface area contributed by atoms with Crippen LogP contribution in [0.25, 0.3) is 5.57 Å². The Morgan fingerprint density at radius 1 is 1.37 bits per heavy atom. The van der Waals surface area contributed by atoms with Crippen molar-refractivity contribution < 1.29 is 14.6 Å². The van der Waals surface area contributed by atoms with Crippen LogP contribution in [0.2, 0.25) is 0 Å². The minimum absolute atomic E-state index is 0.176. The molecule has 19 heavy (non-hydrogen) atoms. The first-order valence-corrected chi connectivity index (χ1v) is 6.14. The summed E-state index contributed by atoms with van der Waals surface area (Å²) >= 11 is 0. The maximum atomic E-state index is 12.1. The quantitative estimate of drug-likeness (QED) is 0.643. The van der Waals surface area contributed by atoms with Crippen LogP contribution in [-0.4, -0.2) is 16.7 Å². The number of benzene rings is 1. The van der Waals surface area contributed by atoms with Gasteiger partial charge in [0, 0.05) is 6.54 Å². The molecule has 0 heterocycles. The molecule has 0 aromatic heterocycles. The lowest BCUT2D eigenvalue weighted by molar-refractivity contribution is -0.147. The van der Waals surface area contributed by atoms with Gasteiger partial charge in [-0.25, -0.2) is 4.79 Å². The summed E-state index contributed by atoms with van der Waals surface area (Å²) in [6.45, 7) is 9.25. The number of hydrogen-bond acceptors (Lipinski definition) is 4. The van der Waals surface area contributed by atoms with Crippen LogP contribution in [0.15, 0.2) is 24.8 Å². The Bertz CT molecular complexity index is 464. The molecule has 4 heteroatoms. The second-order valence-corrected chi connectivity index (χ2v) is 5.29. The first-order valence-electron chi connectivity index (χ1n) is 6.14. The largest absolute Gasteiger partial charge is 0.456 e. The highest BCUT2D eigenvalue weighted by atomic mass is 16.6. The summed E-state index contributed by atoms with van der Waals surface area (Å²) in [5, 5.41) is 9.37. The third-order valence-electron chi connectivity index (χ3n) is 2.57. The van der Waals surface area contributed by atoms with Crippen LogP contribution in [0.4, 0.5) is 0 Å². The maximum Gasteiger partial charge on any atom is 0.338 e. The first-order chi connectivity index (χ1) is 8.80. The van der Waals surface area contributed by atoms with Crippen molar-refractivity contribution in [3.8, 4) is 0 Å². The van der Waals surface area contributed by atoms with Crippen molar-refractivity contribution in [1.29, 1.82) is 0 Å². The number of aliphatic hydroxyl groups is 1. The zero-order chi connectivity index (χ0) is 14.6. The van der Waals surface area contributed by atoms with Gasteiger partial charge in [0.2, 0.25) is 0 Å². The van der Waals surface area contributed by atoms with Crippen molar-refractivity contribution in [2.45, 2.75) is 39.5 Å². The second-order valence-electron chi connectivity index (χ2n) is 5.29. The highest BCUT2D eigenvalue weighted by molar-refractivity contribution is 6.16. The molecule has 0 fully saturated rings. The van der Waals surface area contributed by atoms with Gasteiger partial charge in [-0.1, -0.05) is 24.8 Å². The monoisotopic (exact) mass is 263 g/mol. The van der Waals surface area contributed by atoms with Gasteiger partial charge in [0.25, 0.3) is 0 Å². The van der Waals surface area contributed by atoms with E-state index in [4.69, 9.17) is 10.5 Å². The first kappa shape index (κ1) is 15.4. The number of rotatable bonds is 4. The predicted octanol–water partition coefficient (Wildman–Crippen LogP) is 1.99. The number of nitrogens with two attached hydrogens (primary N) is 1. The zero-order valence-corrected chi connectivity index (χ0v) is 11.7. The Morgan fingerprint density at radius 3 is 2.42 bits per heavy atom. The van der Waals surface area contributed by atoms with E-state index in [-0.39, 0.29) is 18.7 Å². The van der Waals surface area contributed by atoms with Crippen molar-refractivity contribution in [1.82, 2.24) is 0 Å². The molecule has 1 aromatic rings. The summed E-state index contributed by atoms with van der Waals surface area (Å²) in [6, 6.07) is 5.34. The number of esters is 1. The average molecular weight is 263 g/mol. The fourth-order valence-corrected chi connectivity index (χ4v) is 1.78. The van der Waals surface area contributed by atoms with Crippen LogP contribution in [0.5, 0.6) is 0 Å². The molecule has 0 amide bonds. The highest BCUT2D eigenvalue weighted by Crippen LogP contribution is 2.25. The molecule has 0 saturated heterocycles. The Hall–Kier alpha value is -1.65. The van der Waals surface area contributed by atoms with E-state index < -0.39 is 11.6 Å². The van der Waals surface area contributed by atoms with E-state index in [9.17, 15) is 9.90 Å². The van der Waals surface area contributed by atoms with Gasteiger partial charge in [0.15, 0.2) is 0 Å². The van der Waals surface area contributed by atoms with E-state index in [1.807, 2.05) is 6.07 Å². The summed E-state index contributed by atoms with van der Waals surface area (Å²) in [5.74, 6) is -0.497. The van der Waals surface area contributed by atoms with Crippen molar-refractivity contribution in [2.24, 2.45) is 5.73 Å². The van der Waals surface area contributed by atoms with Gasteiger partial charge < -0.3 is 15.6 Å². The van der Waals surface area contributed by atoms with Gasteiger partial charge in [-0.3, -0.25) is 0 Å². The molecule has 4 nitrogen and oxygen atoms in total. The van der Waals surface area contributed by atoms with Crippen molar-refractivity contribution in [3.05, 3.63) is 41.5 Å². The SMILES string of the molecule is C=C(C(=O)OC(C)(C)C)c1c(CN)cccc1CO. The van der Waals surface area contributed by atoms with E-state index in [2.05, 4.69) is 6.58 Å². The number of aliphatic hydroxyl groups excluding tert-OH is 1. The minimum atomic E-state index is -0.586. The third-order valence-corrected chi connectivity index (χ3v) is 2.57. The average Bonchev–Trinajstić information content (AvgIpc) is 2.34. The fourth-order valence-electron chi connectivity index (χ4n) is 1.78. The normalized spacial score (nSPS) is 11.2. The van der Waals surface area contributed by atoms with Crippen LogP contribution in [0, 0.1) is 0 Å². The molecular formula is C15H21NO3. The molecule has 0 radical (unpaired) electrons. The van der Waals surface area contributed by atoms with Gasteiger partial charge in [0.1, 0.15) is 5.60 Å². The maximum absolute atomic E-state index is 12.1. The fraction of sp³-hybridized carbons (Fsp3) is 0.400. The highest BCUT2D eigenvalue weighted by Gasteiger charge is 2.22. The molecule has 104 valence electrons. The Kier molecular flexibility index (Phi) is 4.86. The van der Waals surface area contributed by atoms with Gasteiger partial charge in [-0.15, -0.1) is 0 Å². The molecule has 0 saturated carbocycles. The molecule has 0 atom stereocenters. The molecule has 0 aliphatic carbocycles. The van der Waals surface area contributed by atoms with E-state index in [0.717, 1.165) is 5.56 Å². The smallest absolute Gasteiger partial charge is 0.338 e. The lowest BCUT2D eigenvalue weighted by atomic mass is 9.95. The molecule has 3 N–H and O–H groups in total. The van der Waals surface area contributed by atoms with E-state index in [1.54, 1.807) is 32.9 Å². The molecule has 0 aliphatic heterocycles. The van der Waals surface area contributed by atoms with Crippen LogP contribution < -0.4 is 5.73 Å². The predicted molar refractivity (Wildman–Crippen MR) is 75.1 cm³/mol. The molecule has 0 spiro atoms. The van der Waals surface area contributed by atoms with Crippen LogP contribution in [0.1, 0.15) is 37.5 Å². The van der Waals surface area contributed by atoms with Crippen LogP contribution in [0.3, 0.4) is 0 Å². The third kappa shape index (κ3) is 3.91. The molecule has 0 bridgehead atoms. The standard InChI is InChI=1S/C15H21NO3/c1-10(14(18)19-15(2,3)4)13-11(8-16)6-5-7-12(13)9-17/h5-7,17H,1,8-9,16H2,2-4H3. The summed E-state index contributed by atoms with van der Waals surface area (Å²) in [7, 11) is 0. The van der Waals surface area contributed by atoms with E-state index >= 15 is 0 Å². The topological polar surface area (TPSA) is 72.5 Å². The summed E-state index contributed by atoms with van der Waals surface area (Å²) in [4.78, 5) is 12.1. The molecular weight excluding hydrogens is 242 g/mol. The Labute approximate surface area is 113 Å². The van der Waals surface area contributed by atoms with Gasteiger partial charge in [0.05, 0.1) is 12.2 Å². The molecule has 0 unspecified atom stereocenters.